The summed E-state index contributed by atoms with van der Waals surface area (Å²) in [6, 6.07) is 27.1. The summed E-state index contributed by atoms with van der Waals surface area (Å²) in [5, 5.41) is 53.3. The minimum atomic E-state index is -1.06. The van der Waals surface area contributed by atoms with E-state index < -0.39 is 35.8 Å². The summed E-state index contributed by atoms with van der Waals surface area (Å²) in [7, 11) is 0. The van der Waals surface area contributed by atoms with E-state index in [1.165, 1.54) is 60.7 Å². The Morgan fingerprint density at radius 3 is 0.761 bits per heavy atom. The number of carbonyl (C=O) groups is 6. The molecule has 6 N–H and O–H groups in total. The molecule has 0 aliphatic heterocycles. The maximum atomic E-state index is 10.9. The van der Waals surface area contributed by atoms with E-state index in [-0.39, 0.29) is 33.4 Å². The minimum Gasteiger partial charge on any atom is -0.478 e. The van der Waals surface area contributed by atoms with Gasteiger partial charge in [0, 0.05) is 0 Å². The molecule has 46 heavy (non-hydrogen) atoms. The van der Waals surface area contributed by atoms with Crippen molar-refractivity contribution in [1.82, 2.24) is 0 Å². The van der Waals surface area contributed by atoms with Gasteiger partial charge in [-0.3, -0.25) is 0 Å². The van der Waals surface area contributed by atoms with Crippen LogP contribution in [0.5, 0.6) is 0 Å². The summed E-state index contributed by atoms with van der Waals surface area (Å²) in [6.07, 6.45) is 0. The van der Waals surface area contributed by atoms with Crippen molar-refractivity contribution in [2.24, 2.45) is 0 Å². The van der Waals surface area contributed by atoms with Crippen molar-refractivity contribution in [2.75, 3.05) is 0 Å². The zero-order valence-electron chi connectivity index (χ0n) is 23.5. The van der Waals surface area contributed by atoms with Crippen LogP contribution in [0.4, 0.5) is 0 Å². The normalized spacial score (nSPS) is 9.91. The standard InChI is InChI=1S/C14H10O4.C12H8O4.C8H6O4/c15-13(16)11-5-1-9(2-6-11)10-3-7-12(8-4-10)14(17)18;13-11(14)9-5-6-10(12(15)16)8-4-2-1-3-7(8)9;9-7(10)5-1-2-6(4-3-5)8(11)12/h1-8H,(H,15,16)(H,17,18);1-6H,(H,13,14)(H,15,16);1-4H,(H,9,10)(H,11,12). The van der Waals surface area contributed by atoms with E-state index in [1.807, 2.05) is 0 Å². The van der Waals surface area contributed by atoms with Crippen molar-refractivity contribution in [3.8, 4) is 11.1 Å². The lowest BCUT2D eigenvalue weighted by atomic mass is 10.00. The lowest BCUT2D eigenvalue weighted by Gasteiger charge is -2.05. The summed E-state index contributed by atoms with van der Waals surface area (Å²) >= 11 is 0. The first kappa shape index (κ1) is 33.7. The van der Waals surface area contributed by atoms with Crippen LogP contribution in [0.15, 0.2) is 109 Å². The number of rotatable bonds is 7. The van der Waals surface area contributed by atoms with Crippen LogP contribution < -0.4 is 0 Å². The van der Waals surface area contributed by atoms with Crippen molar-refractivity contribution in [1.29, 1.82) is 0 Å². The Labute approximate surface area is 259 Å². The summed E-state index contributed by atoms with van der Waals surface area (Å²) in [5.41, 5.74) is 2.52. The molecule has 5 aromatic rings. The Bertz CT molecular complexity index is 1780. The summed E-state index contributed by atoms with van der Waals surface area (Å²) in [4.78, 5) is 64.0. The molecule has 0 atom stereocenters. The Hall–Kier alpha value is -6.82. The molecule has 0 spiro atoms. The molecule has 232 valence electrons. The quantitative estimate of drug-likeness (QED) is 0.121. The number of carboxylic acids is 6. The number of fused-ring (bicyclic) bond motifs is 1. The number of hydrogen-bond donors (Lipinski definition) is 6. The van der Waals surface area contributed by atoms with Crippen molar-refractivity contribution < 1.29 is 59.4 Å². The third-order valence-corrected chi connectivity index (χ3v) is 6.36. The topological polar surface area (TPSA) is 224 Å². The number of benzene rings is 5. The number of carboxylic acid groups (broad SMARTS) is 6. The molecular weight excluding hydrogens is 600 g/mol. The van der Waals surface area contributed by atoms with Crippen molar-refractivity contribution in [2.45, 2.75) is 0 Å². The zero-order valence-corrected chi connectivity index (χ0v) is 23.5. The molecule has 0 heterocycles. The third-order valence-electron chi connectivity index (χ3n) is 6.36. The smallest absolute Gasteiger partial charge is 0.336 e. The van der Waals surface area contributed by atoms with Gasteiger partial charge in [0.25, 0.3) is 0 Å². The van der Waals surface area contributed by atoms with E-state index >= 15 is 0 Å². The predicted molar refractivity (Wildman–Crippen MR) is 164 cm³/mol. The average molecular weight is 625 g/mol. The molecule has 0 saturated carbocycles. The van der Waals surface area contributed by atoms with Gasteiger partial charge in [0.1, 0.15) is 0 Å². The van der Waals surface area contributed by atoms with Crippen LogP contribution in [0.25, 0.3) is 21.9 Å². The van der Waals surface area contributed by atoms with Gasteiger partial charge in [0.05, 0.1) is 33.4 Å². The van der Waals surface area contributed by atoms with Crippen molar-refractivity contribution >= 4 is 46.6 Å². The molecule has 12 heteroatoms. The fourth-order valence-electron chi connectivity index (χ4n) is 4.04. The van der Waals surface area contributed by atoms with Gasteiger partial charge in [-0.15, -0.1) is 0 Å². The van der Waals surface area contributed by atoms with Crippen LogP contribution in [0, 0.1) is 0 Å². The highest BCUT2D eigenvalue weighted by Crippen LogP contribution is 2.23. The highest BCUT2D eigenvalue weighted by molar-refractivity contribution is 6.11. The fourth-order valence-corrected chi connectivity index (χ4v) is 4.04. The SMILES string of the molecule is O=C(O)c1ccc(-c2ccc(C(=O)O)cc2)cc1.O=C(O)c1ccc(C(=O)O)c2ccccc12.O=C(O)c1ccc(C(=O)O)cc1. The molecule has 0 unspecified atom stereocenters. The van der Waals surface area contributed by atoms with Gasteiger partial charge in [-0.25, -0.2) is 28.8 Å². The first-order valence-electron chi connectivity index (χ1n) is 13.0. The Kier molecular flexibility index (Phi) is 11.0. The Morgan fingerprint density at radius 2 is 0.543 bits per heavy atom. The van der Waals surface area contributed by atoms with E-state index in [4.69, 9.17) is 30.6 Å². The Morgan fingerprint density at radius 1 is 0.304 bits per heavy atom. The van der Waals surface area contributed by atoms with Crippen LogP contribution in [0.2, 0.25) is 0 Å². The Balaban J connectivity index is 0.000000192. The van der Waals surface area contributed by atoms with Crippen LogP contribution >= 0.6 is 0 Å². The van der Waals surface area contributed by atoms with Crippen LogP contribution in [-0.4, -0.2) is 66.5 Å². The highest BCUT2D eigenvalue weighted by Gasteiger charge is 2.14. The molecule has 0 aliphatic rings. The van der Waals surface area contributed by atoms with Gasteiger partial charge in [0.2, 0.25) is 0 Å². The lowest BCUT2D eigenvalue weighted by molar-refractivity contribution is 0.0681. The van der Waals surface area contributed by atoms with Crippen LogP contribution in [0.1, 0.15) is 62.1 Å². The molecule has 5 aromatic carbocycles. The van der Waals surface area contributed by atoms with Crippen LogP contribution in [0.3, 0.4) is 0 Å². The molecule has 0 fully saturated rings. The van der Waals surface area contributed by atoms with E-state index in [0.717, 1.165) is 11.1 Å². The second kappa shape index (κ2) is 15.1. The lowest BCUT2D eigenvalue weighted by Crippen LogP contribution is -2.02. The second-order valence-corrected chi connectivity index (χ2v) is 9.27. The predicted octanol–water partition coefficient (Wildman–Crippen LogP) is 6.07. The zero-order chi connectivity index (χ0) is 34.0. The maximum Gasteiger partial charge on any atom is 0.336 e. The second-order valence-electron chi connectivity index (χ2n) is 9.27. The summed E-state index contributed by atoms with van der Waals surface area (Å²) < 4.78 is 0. The van der Waals surface area contributed by atoms with Crippen LogP contribution in [-0.2, 0) is 0 Å². The molecule has 0 radical (unpaired) electrons. The molecule has 0 aromatic heterocycles. The molecule has 0 amide bonds. The van der Waals surface area contributed by atoms with E-state index in [2.05, 4.69) is 0 Å². The third kappa shape index (κ3) is 8.61. The molecule has 0 aliphatic carbocycles. The van der Waals surface area contributed by atoms with Crippen molar-refractivity contribution in [3.63, 3.8) is 0 Å². The van der Waals surface area contributed by atoms with E-state index in [9.17, 15) is 28.8 Å². The maximum absolute atomic E-state index is 10.9. The monoisotopic (exact) mass is 624 g/mol. The van der Waals surface area contributed by atoms with Gasteiger partial charge in [-0.1, -0.05) is 48.5 Å². The molecular formula is C34H24O12. The number of aromatic carboxylic acids is 6. The van der Waals surface area contributed by atoms with E-state index in [1.54, 1.807) is 48.5 Å². The van der Waals surface area contributed by atoms with Gasteiger partial charge in [-0.05, 0) is 82.6 Å². The first-order chi connectivity index (χ1) is 21.8. The number of hydrogen-bond acceptors (Lipinski definition) is 6. The van der Waals surface area contributed by atoms with Gasteiger partial charge < -0.3 is 30.6 Å². The highest BCUT2D eigenvalue weighted by atomic mass is 16.4. The average Bonchev–Trinajstić information content (AvgIpc) is 3.04. The largest absolute Gasteiger partial charge is 0.478 e. The fraction of sp³-hybridized carbons (Fsp3) is 0. The summed E-state index contributed by atoms with van der Waals surface area (Å²) in [5.74, 6) is -6.19. The molecule has 12 nitrogen and oxygen atoms in total. The van der Waals surface area contributed by atoms with Gasteiger partial charge in [-0.2, -0.15) is 0 Å². The molecule has 0 saturated heterocycles. The molecule has 5 rings (SSSR count). The first-order valence-corrected chi connectivity index (χ1v) is 13.0. The van der Waals surface area contributed by atoms with Crippen molar-refractivity contribution in [3.05, 3.63) is 143 Å². The van der Waals surface area contributed by atoms with Gasteiger partial charge in [0.15, 0.2) is 0 Å². The van der Waals surface area contributed by atoms with E-state index in [0.29, 0.717) is 10.8 Å². The van der Waals surface area contributed by atoms with Gasteiger partial charge >= 0.3 is 35.8 Å². The summed E-state index contributed by atoms with van der Waals surface area (Å²) in [6.45, 7) is 0. The molecule has 0 bridgehead atoms. The minimum absolute atomic E-state index is 0.0833.